The summed E-state index contributed by atoms with van der Waals surface area (Å²) in [4.78, 5) is 27.1. The van der Waals surface area contributed by atoms with E-state index in [1.807, 2.05) is 12.1 Å². The van der Waals surface area contributed by atoms with Crippen molar-refractivity contribution in [3.63, 3.8) is 0 Å². The van der Waals surface area contributed by atoms with Crippen LogP contribution in [0.5, 0.6) is 0 Å². The second-order valence-electron chi connectivity index (χ2n) is 8.99. The molecule has 0 radical (unpaired) electrons. The summed E-state index contributed by atoms with van der Waals surface area (Å²) >= 11 is 0. The molecule has 0 bridgehead atoms. The van der Waals surface area contributed by atoms with Crippen LogP contribution in [0.3, 0.4) is 0 Å². The van der Waals surface area contributed by atoms with Gasteiger partial charge in [0.25, 0.3) is 0 Å². The number of aromatic nitrogens is 5. The second-order valence-corrected chi connectivity index (χ2v) is 8.99. The highest BCUT2D eigenvalue weighted by Gasteiger charge is 2.30. The molecule has 9 heteroatoms. The number of fused-ring (bicyclic) bond motifs is 1. The van der Waals surface area contributed by atoms with Gasteiger partial charge in [-0.05, 0) is 49.7 Å². The number of pyridine rings is 1. The Hall–Kier alpha value is -2.97. The minimum atomic E-state index is -0.893. The monoisotopic (exact) mass is 440 g/mol. The zero-order valence-corrected chi connectivity index (χ0v) is 17.8. The zero-order chi connectivity index (χ0) is 22.1. The maximum atomic E-state index is 14.6. The van der Waals surface area contributed by atoms with E-state index in [1.54, 1.807) is 11.1 Å². The first-order chi connectivity index (χ1) is 15.6. The Morgan fingerprint density at radius 2 is 2.09 bits per heavy atom. The van der Waals surface area contributed by atoms with Gasteiger partial charge >= 0.3 is 0 Å². The molecular formula is C23H26F2N6O. The van der Waals surface area contributed by atoms with Crippen LogP contribution in [0.25, 0.3) is 22.6 Å². The third-order valence-electron chi connectivity index (χ3n) is 6.69. The van der Waals surface area contributed by atoms with Gasteiger partial charge in [-0.25, -0.2) is 23.7 Å². The van der Waals surface area contributed by atoms with Crippen molar-refractivity contribution in [2.45, 2.75) is 51.1 Å². The van der Waals surface area contributed by atoms with Crippen molar-refractivity contribution in [3.05, 3.63) is 36.0 Å². The molecule has 32 heavy (non-hydrogen) atoms. The molecule has 2 aliphatic rings. The fraction of sp³-hybridized carbons (Fsp3) is 0.522. The normalized spacial score (nSPS) is 23.7. The molecule has 3 atom stereocenters. The predicted molar refractivity (Wildman–Crippen MR) is 115 cm³/mol. The van der Waals surface area contributed by atoms with Gasteiger partial charge in [-0.2, -0.15) is 5.10 Å². The van der Waals surface area contributed by atoms with Gasteiger partial charge in [-0.3, -0.25) is 9.89 Å². The van der Waals surface area contributed by atoms with E-state index in [0.717, 1.165) is 31.1 Å². The van der Waals surface area contributed by atoms with Gasteiger partial charge < -0.3 is 4.90 Å². The van der Waals surface area contributed by atoms with Crippen molar-refractivity contribution in [3.8, 4) is 11.5 Å². The van der Waals surface area contributed by atoms with Crippen molar-refractivity contribution >= 4 is 16.9 Å². The summed E-state index contributed by atoms with van der Waals surface area (Å²) < 4.78 is 28.0. The largest absolute Gasteiger partial charge is 0.340 e. The molecule has 3 aromatic rings. The maximum Gasteiger partial charge on any atom is 0.222 e. The summed E-state index contributed by atoms with van der Waals surface area (Å²) in [6.45, 7) is 0.741. The van der Waals surface area contributed by atoms with Crippen molar-refractivity contribution in [2.24, 2.45) is 11.8 Å². The molecule has 0 aromatic carbocycles. The molecule has 1 unspecified atom stereocenters. The molecule has 1 amide bonds. The standard InChI is InChI=1S/C23H26F2N6O/c24-16-6-8-31(13-16)20(32)11-15-4-1-3-14(9-15)10-19-18(25)12-27-23(28-19)21-17-5-2-7-26-22(17)30-29-21/h2,5,7,12,14-16H,1,3-4,6,8-11,13H2,(H,26,29,30)/t14?,15-,16-/m1/s1. The first-order valence-electron chi connectivity index (χ1n) is 11.3. The van der Waals surface area contributed by atoms with Crippen molar-refractivity contribution < 1.29 is 13.6 Å². The Kier molecular flexibility index (Phi) is 5.80. The van der Waals surface area contributed by atoms with Crippen LogP contribution in [0.4, 0.5) is 8.78 Å². The number of carbonyl (C=O) groups is 1. The highest BCUT2D eigenvalue weighted by atomic mass is 19.1. The summed E-state index contributed by atoms with van der Waals surface area (Å²) in [5.74, 6) is 0.540. The molecule has 1 N–H and O–H groups in total. The predicted octanol–water partition coefficient (Wildman–Crippen LogP) is 3.86. The van der Waals surface area contributed by atoms with Gasteiger partial charge in [0, 0.05) is 24.5 Å². The lowest BCUT2D eigenvalue weighted by atomic mass is 9.77. The Morgan fingerprint density at radius 1 is 1.22 bits per heavy atom. The van der Waals surface area contributed by atoms with E-state index in [2.05, 4.69) is 25.1 Å². The number of nitrogens with zero attached hydrogens (tertiary/aromatic N) is 5. The van der Waals surface area contributed by atoms with Gasteiger partial charge in [0.15, 0.2) is 17.3 Å². The van der Waals surface area contributed by atoms with Crippen LogP contribution in [0.1, 0.15) is 44.2 Å². The lowest BCUT2D eigenvalue weighted by Crippen LogP contribution is -2.31. The van der Waals surface area contributed by atoms with E-state index in [0.29, 0.717) is 48.7 Å². The van der Waals surface area contributed by atoms with Crippen molar-refractivity contribution in [1.82, 2.24) is 30.0 Å². The molecule has 7 nitrogen and oxygen atoms in total. The second kappa shape index (κ2) is 8.88. The average molecular weight is 440 g/mol. The molecule has 1 aliphatic heterocycles. The fourth-order valence-electron chi connectivity index (χ4n) is 5.05. The van der Waals surface area contributed by atoms with Crippen LogP contribution < -0.4 is 0 Å². The van der Waals surface area contributed by atoms with Gasteiger partial charge in [-0.15, -0.1) is 0 Å². The number of hydrogen-bond donors (Lipinski definition) is 1. The molecule has 5 rings (SSSR count). The number of rotatable bonds is 5. The van der Waals surface area contributed by atoms with E-state index in [4.69, 9.17) is 0 Å². The van der Waals surface area contributed by atoms with E-state index >= 15 is 0 Å². The lowest BCUT2D eigenvalue weighted by Gasteiger charge is -2.30. The van der Waals surface area contributed by atoms with Gasteiger partial charge in [0.1, 0.15) is 11.9 Å². The molecule has 0 spiro atoms. The minimum Gasteiger partial charge on any atom is -0.340 e. The number of alkyl halides is 1. The molecule has 1 saturated heterocycles. The SMILES string of the molecule is O=C(C[C@@H]1CCCC(Cc2nc(-c3[nH]nc4ncccc34)ncc2F)C1)N1CC[C@@H](F)C1. The number of amides is 1. The molecule has 3 aromatic heterocycles. The summed E-state index contributed by atoms with van der Waals surface area (Å²) in [6.07, 6.45) is 7.21. The fourth-order valence-corrected chi connectivity index (χ4v) is 5.05. The minimum absolute atomic E-state index is 0.0473. The molecule has 168 valence electrons. The number of hydrogen-bond acceptors (Lipinski definition) is 5. The number of H-pyrrole nitrogens is 1. The highest BCUT2D eigenvalue weighted by molar-refractivity contribution is 5.88. The van der Waals surface area contributed by atoms with E-state index in [1.165, 1.54) is 6.20 Å². The molecule has 2 fully saturated rings. The maximum absolute atomic E-state index is 14.6. The summed E-state index contributed by atoms with van der Waals surface area (Å²) in [7, 11) is 0. The topological polar surface area (TPSA) is 87.7 Å². The van der Waals surface area contributed by atoms with Crippen molar-refractivity contribution in [1.29, 1.82) is 0 Å². The van der Waals surface area contributed by atoms with Gasteiger partial charge in [-0.1, -0.05) is 12.8 Å². The van der Waals surface area contributed by atoms with Crippen molar-refractivity contribution in [2.75, 3.05) is 13.1 Å². The Balaban J connectivity index is 1.27. The van der Waals surface area contributed by atoms with Crippen LogP contribution in [-0.4, -0.2) is 55.2 Å². The smallest absolute Gasteiger partial charge is 0.222 e. The number of likely N-dealkylation sites (tertiary alicyclic amines) is 1. The number of nitrogens with one attached hydrogen (secondary N) is 1. The first-order valence-corrected chi connectivity index (χ1v) is 11.3. The van der Waals surface area contributed by atoms with Crippen LogP contribution in [0, 0.1) is 17.7 Å². The first kappa shape index (κ1) is 20.9. The Labute approximate surface area is 184 Å². The Bertz CT molecular complexity index is 1120. The van der Waals surface area contributed by atoms with Crippen LogP contribution in [0.15, 0.2) is 24.5 Å². The summed E-state index contributed by atoms with van der Waals surface area (Å²) in [5.41, 5.74) is 1.57. The Morgan fingerprint density at radius 3 is 2.94 bits per heavy atom. The molecule has 1 saturated carbocycles. The number of aromatic amines is 1. The number of halogens is 2. The third kappa shape index (κ3) is 4.33. The van der Waals surface area contributed by atoms with Crippen LogP contribution >= 0.6 is 0 Å². The quantitative estimate of drug-likeness (QED) is 0.651. The third-order valence-corrected chi connectivity index (χ3v) is 6.69. The van der Waals surface area contributed by atoms with Gasteiger partial charge in [0.05, 0.1) is 18.4 Å². The number of carbonyl (C=O) groups excluding carboxylic acids is 1. The summed E-state index contributed by atoms with van der Waals surface area (Å²) in [5, 5.41) is 7.87. The lowest BCUT2D eigenvalue weighted by molar-refractivity contribution is -0.131. The van der Waals surface area contributed by atoms with Gasteiger partial charge in [0.2, 0.25) is 5.91 Å². The van der Waals surface area contributed by atoms with E-state index in [-0.39, 0.29) is 24.3 Å². The highest BCUT2D eigenvalue weighted by Crippen LogP contribution is 2.34. The van der Waals surface area contributed by atoms with E-state index in [9.17, 15) is 13.6 Å². The molecule has 4 heterocycles. The zero-order valence-electron chi connectivity index (χ0n) is 17.8. The average Bonchev–Trinajstić information content (AvgIpc) is 3.42. The van der Waals surface area contributed by atoms with Crippen LogP contribution in [-0.2, 0) is 11.2 Å². The summed E-state index contributed by atoms with van der Waals surface area (Å²) in [6, 6.07) is 3.69. The molecular weight excluding hydrogens is 414 g/mol. The van der Waals surface area contributed by atoms with Crippen LogP contribution in [0.2, 0.25) is 0 Å². The van der Waals surface area contributed by atoms with E-state index < -0.39 is 12.0 Å². The molecule has 1 aliphatic carbocycles.